The molecule has 1 heterocycles. The van der Waals surface area contributed by atoms with Crippen molar-refractivity contribution in [2.45, 2.75) is 39.3 Å². The molecular formula is C27H26F3N5O2. The Morgan fingerprint density at radius 2 is 1.73 bits per heavy atom. The van der Waals surface area contributed by atoms with Crippen molar-refractivity contribution in [3.05, 3.63) is 95.3 Å². The number of hydrogen-bond donors (Lipinski definition) is 0. The highest BCUT2D eigenvalue weighted by Gasteiger charge is 2.30. The number of hydrogen-bond acceptors (Lipinski definition) is 5. The van der Waals surface area contributed by atoms with Crippen LogP contribution in [0.4, 0.5) is 13.2 Å². The summed E-state index contributed by atoms with van der Waals surface area (Å²) in [5.74, 6) is -0.381. The Morgan fingerprint density at radius 3 is 2.43 bits per heavy atom. The standard InChI is InChI=1S/C27H26F3N5O2/c1-18(2)37-16-20-7-4-8-21(12-20)22-10-11-24(25(14-22)35-17-31-32-33-35)26(36)34(3)15-19-6-5-9-23(13-19)27(28,29)30/h4-14,17-18H,15-16H2,1-3H3. The van der Waals surface area contributed by atoms with E-state index in [0.29, 0.717) is 23.4 Å². The number of benzene rings is 3. The maximum Gasteiger partial charge on any atom is 0.416 e. The van der Waals surface area contributed by atoms with E-state index in [9.17, 15) is 18.0 Å². The molecule has 37 heavy (non-hydrogen) atoms. The zero-order valence-electron chi connectivity index (χ0n) is 20.6. The first-order valence-corrected chi connectivity index (χ1v) is 11.6. The molecule has 0 N–H and O–H groups in total. The fraction of sp³-hybridized carbons (Fsp3) is 0.259. The van der Waals surface area contributed by atoms with E-state index in [-0.39, 0.29) is 18.6 Å². The van der Waals surface area contributed by atoms with Crippen LogP contribution in [0.5, 0.6) is 0 Å². The molecule has 7 nitrogen and oxygen atoms in total. The van der Waals surface area contributed by atoms with E-state index in [4.69, 9.17) is 4.74 Å². The number of nitrogens with zero attached hydrogens (tertiary/aromatic N) is 5. The molecule has 3 aromatic carbocycles. The summed E-state index contributed by atoms with van der Waals surface area (Å²) in [6.07, 6.45) is -2.97. The van der Waals surface area contributed by atoms with Gasteiger partial charge in [0, 0.05) is 13.6 Å². The van der Waals surface area contributed by atoms with Crippen LogP contribution in [0.2, 0.25) is 0 Å². The molecular weight excluding hydrogens is 483 g/mol. The summed E-state index contributed by atoms with van der Waals surface area (Å²) < 4.78 is 46.4. The number of ether oxygens (including phenoxy) is 1. The van der Waals surface area contributed by atoms with Crippen molar-refractivity contribution in [3.63, 3.8) is 0 Å². The minimum Gasteiger partial charge on any atom is -0.374 e. The fourth-order valence-electron chi connectivity index (χ4n) is 3.85. The second-order valence-electron chi connectivity index (χ2n) is 8.91. The highest BCUT2D eigenvalue weighted by Crippen LogP contribution is 2.30. The van der Waals surface area contributed by atoms with Crippen LogP contribution in [0.1, 0.15) is 40.9 Å². The molecule has 0 aliphatic carbocycles. The highest BCUT2D eigenvalue weighted by atomic mass is 19.4. The van der Waals surface area contributed by atoms with Crippen molar-refractivity contribution in [2.75, 3.05) is 7.05 Å². The first-order chi connectivity index (χ1) is 17.6. The molecule has 0 radical (unpaired) electrons. The molecule has 1 aromatic heterocycles. The largest absolute Gasteiger partial charge is 0.416 e. The molecule has 0 aliphatic heterocycles. The summed E-state index contributed by atoms with van der Waals surface area (Å²) in [6.45, 7) is 4.42. The van der Waals surface area contributed by atoms with Crippen molar-refractivity contribution in [2.24, 2.45) is 0 Å². The average molecular weight is 510 g/mol. The molecule has 0 unspecified atom stereocenters. The molecule has 0 bridgehead atoms. The normalized spacial score (nSPS) is 11.6. The van der Waals surface area contributed by atoms with Gasteiger partial charge in [0.25, 0.3) is 5.91 Å². The van der Waals surface area contributed by atoms with Gasteiger partial charge in [-0.05, 0) is 76.9 Å². The maximum atomic E-state index is 13.4. The molecule has 4 rings (SSSR count). The Labute approximate surface area is 212 Å². The smallest absolute Gasteiger partial charge is 0.374 e. The Balaban J connectivity index is 1.64. The number of tetrazole rings is 1. The van der Waals surface area contributed by atoms with E-state index in [1.54, 1.807) is 12.1 Å². The lowest BCUT2D eigenvalue weighted by molar-refractivity contribution is -0.137. The summed E-state index contributed by atoms with van der Waals surface area (Å²) in [5.41, 5.74) is 3.15. The van der Waals surface area contributed by atoms with Crippen LogP contribution >= 0.6 is 0 Å². The van der Waals surface area contributed by atoms with Gasteiger partial charge in [0.15, 0.2) is 0 Å². The molecule has 4 aromatic rings. The van der Waals surface area contributed by atoms with Gasteiger partial charge in [-0.15, -0.1) is 5.10 Å². The molecule has 0 saturated heterocycles. The molecule has 0 fully saturated rings. The summed E-state index contributed by atoms with van der Waals surface area (Å²) in [4.78, 5) is 14.8. The van der Waals surface area contributed by atoms with Gasteiger partial charge in [-0.3, -0.25) is 4.79 Å². The molecule has 10 heteroatoms. The number of rotatable bonds is 8. The predicted molar refractivity (Wildman–Crippen MR) is 132 cm³/mol. The average Bonchev–Trinajstić information content (AvgIpc) is 3.41. The van der Waals surface area contributed by atoms with Crippen LogP contribution in [0.25, 0.3) is 16.8 Å². The van der Waals surface area contributed by atoms with E-state index < -0.39 is 11.7 Å². The minimum absolute atomic E-state index is 0.00253. The topological polar surface area (TPSA) is 73.1 Å². The van der Waals surface area contributed by atoms with Crippen molar-refractivity contribution in [3.8, 4) is 16.8 Å². The summed E-state index contributed by atoms with van der Waals surface area (Å²) >= 11 is 0. The number of halogens is 3. The van der Waals surface area contributed by atoms with E-state index in [0.717, 1.165) is 28.8 Å². The predicted octanol–water partition coefficient (Wildman–Crippen LogP) is 5.55. The third-order valence-electron chi connectivity index (χ3n) is 5.69. The second kappa shape index (κ2) is 10.9. The lowest BCUT2D eigenvalue weighted by Crippen LogP contribution is -2.27. The number of carbonyl (C=O) groups excluding carboxylic acids is 1. The molecule has 0 atom stereocenters. The molecule has 0 saturated carbocycles. The monoisotopic (exact) mass is 509 g/mol. The van der Waals surface area contributed by atoms with Crippen LogP contribution in [0, 0.1) is 0 Å². The molecule has 0 aliphatic rings. The number of alkyl halides is 3. The highest BCUT2D eigenvalue weighted by molar-refractivity contribution is 5.98. The van der Waals surface area contributed by atoms with Crippen LogP contribution in [0.3, 0.4) is 0 Å². The number of aromatic nitrogens is 4. The lowest BCUT2D eigenvalue weighted by atomic mass is 10.00. The van der Waals surface area contributed by atoms with Crippen molar-refractivity contribution >= 4 is 5.91 Å². The van der Waals surface area contributed by atoms with Gasteiger partial charge in [-0.25, -0.2) is 0 Å². The number of carbonyl (C=O) groups is 1. The van der Waals surface area contributed by atoms with Gasteiger partial charge in [0.2, 0.25) is 0 Å². The van der Waals surface area contributed by atoms with Crippen LogP contribution in [-0.4, -0.2) is 44.2 Å². The first kappa shape index (κ1) is 26.0. The lowest BCUT2D eigenvalue weighted by Gasteiger charge is -2.20. The van der Waals surface area contributed by atoms with Crippen molar-refractivity contribution in [1.29, 1.82) is 0 Å². The third-order valence-corrected chi connectivity index (χ3v) is 5.69. The first-order valence-electron chi connectivity index (χ1n) is 11.6. The summed E-state index contributed by atoms with van der Waals surface area (Å²) in [5, 5.41) is 11.3. The van der Waals surface area contributed by atoms with Crippen molar-refractivity contribution < 1.29 is 22.7 Å². The van der Waals surface area contributed by atoms with E-state index >= 15 is 0 Å². The van der Waals surface area contributed by atoms with Gasteiger partial charge < -0.3 is 9.64 Å². The Bertz CT molecular complexity index is 1370. The van der Waals surface area contributed by atoms with Gasteiger partial charge in [-0.2, -0.15) is 17.9 Å². The van der Waals surface area contributed by atoms with Gasteiger partial charge in [0.1, 0.15) is 6.33 Å². The quantitative estimate of drug-likeness (QED) is 0.312. The van der Waals surface area contributed by atoms with Gasteiger partial charge in [0.05, 0.1) is 29.5 Å². The fourth-order valence-corrected chi connectivity index (χ4v) is 3.85. The zero-order chi connectivity index (χ0) is 26.6. The van der Waals surface area contributed by atoms with Gasteiger partial charge >= 0.3 is 6.18 Å². The van der Waals surface area contributed by atoms with Crippen LogP contribution in [0.15, 0.2) is 73.1 Å². The Hall–Kier alpha value is -4.05. The number of amides is 1. The minimum atomic E-state index is -4.46. The van der Waals surface area contributed by atoms with E-state index in [1.807, 2.05) is 50.2 Å². The van der Waals surface area contributed by atoms with Crippen LogP contribution < -0.4 is 0 Å². The third kappa shape index (κ3) is 6.39. The summed E-state index contributed by atoms with van der Waals surface area (Å²) in [7, 11) is 1.54. The molecule has 192 valence electrons. The van der Waals surface area contributed by atoms with E-state index in [1.165, 1.54) is 29.0 Å². The molecule has 1 amide bonds. The Kier molecular flexibility index (Phi) is 7.68. The molecule has 0 spiro atoms. The second-order valence-corrected chi connectivity index (χ2v) is 8.91. The Morgan fingerprint density at radius 1 is 1.00 bits per heavy atom. The maximum absolute atomic E-state index is 13.4. The van der Waals surface area contributed by atoms with Crippen LogP contribution in [-0.2, 0) is 24.1 Å². The zero-order valence-corrected chi connectivity index (χ0v) is 20.6. The summed E-state index contributed by atoms with van der Waals surface area (Å²) in [6, 6.07) is 18.1. The van der Waals surface area contributed by atoms with E-state index in [2.05, 4.69) is 15.5 Å². The SMILES string of the molecule is CC(C)OCc1cccc(-c2ccc(C(=O)N(C)Cc3cccc(C(F)(F)F)c3)c(-n3cnnn3)c2)c1. The van der Waals surface area contributed by atoms with Gasteiger partial charge in [-0.1, -0.05) is 36.4 Å². The van der Waals surface area contributed by atoms with Crippen molar-refractivity contribution in [1.82, 2.24) is 25.1 Å².